The van der Waals surface area contributed by atoms with Gasteiger partial charge in [0.05, 0.1) is 4.90 Å². The lowest BCUT2D eigenvalue weighted by atomic mass is 10.1. The van der Waals surface area contributed by atoms with Crippen molar-refractivity contribution in [3.05, 3.63) is 29.6 Å². The Morgan fingerprint density at radius 1 is 1.38 bits per heavy atom. The van der Waals surface area contributed by atoms with Crippen LogP contribution in [0.25, 0.3) is 0 Å². The van der Waals surface area contributed by atoms with Crippen LogP contribution in [0.2, 0.25) is 0 Å². The van der Waals surface area contributed by atoms with Crippen LogP contribution in [0.1, 0.15) is 12.5 Å². The first-order valence-electron chi connectivity index (χ1n) is 4.31. The molecule has 0 aliphatic heterocycles. The highest BCUT2D eigenvalue weighted by molar-refractivity contribution is 8.00. The molecule has 6 heteroatoms. The number of halogens is 4. The summed E-state index contributed by atoms with van der Waals surface area (Å²) >= 11 is -0.505. The van der Waals surface area contributed by atoms with Gasteiger partial charge in [0.1, 0.15) is 11.6 Å². The van der Waals surface area contributed by atoms with Crippen LogP contribution in [0, 0.1) is 5.82 Å². The van der Waals surface area contributed by atoms with Gasteiger partial charge in [-0.25, -0.2) is 4.39 Å². The van der Waals surface area contributed by atoms with Crippen molar-refractivity contribution in [1.82, 2.24) is 0 Å². The van der Waals surface area contributed by atoms with Gasteiger partial charge in [-0.15, -0.1) is 0 Å². The summed E-state index contributed by atoms with van der Waals surface area (Å²) in [4.78, 5) is 10.2. The second-order valence-electron chi connectivity index (χ2n) is 3.19. The Balaban J connectivity index is 2.87. The van der Waals surface area contributed by atoms with Crippen molar-refractivity contribution in [2.75, 3.05) is 0 Å². The van der Waals surface area contributed by atoms with E-state index in [-0.39, 0.29) is 12.2 Å². The Labute approximate surface area is 93.8 Å². The van der Waals surface area contributed by atoms with E-state index in [2.05, 4.69) is 0 Å². The fourth-order valence-electron chi connectivity index (χ4n) is 1.15. The number of alkyl halides is 3. The lowest BCUT2D eigenvalue weighted by molar-refractivity contribution is -0.116. The van der Waals surface area contributed by atoms with Crippen molar-refractivity contribution in [2.24, 2.45) is 0 Å². The fourth-order valence-corrected chi connectivity index (χ4v) is 1.69. The molecule has 0 aliphatic carbocycles. The Morgan fingerprint density at radius 3 is 2.44 bits per heavy atom. The molecule has 0 amide bonds. The Kier molecular flexibility index (Phi) is 3.96. The highest BCUT2D eigenvalue weighted by Crippen LogP contribution is 2.38. The van der Waals surface area contributed by atoms with E-state index in [9.17, 15) is 22.4 Å². The number of rotatable bonds is 3. The van der Waals surface area contributed by atoms with Gasteiger partial charge in [0, 0.05) is 6.42 Å². The number of benzene rings is 1. The van der Waals surface area contributed by atoms with Gasteiger partial charge in [0.2, 0.25) is 0 Å². The van der Waals surface area contributed by atoms with Gasteiger partial charge in [-0.2, -0.15) is 13.2 Å². The second-order valence-corrected chi connectivity index (χ2v) is 4.30. The molecule has 0 unspecified atom stereocenters. The smallest absolute Gasteiger partial charge is 0.300 e. The summed E-state index contributed by atoms with van der Waals surface area (Å²) in [5, 5.41) is 0. The molecule has 1 aromatic rings. The third-order valence-corrected chi connectivity index (χ3v) is 2.46. The average molecular weight is 252 g/mol. The topological polar surface area (TPSA) is 17.1 Å². The second kappa shape index (κ2) is 4.86. The Morgan fingerprint density at radius 2 is 2.00 bits per heavy atom. The molecule has 0 spiro atoms. The molecule has 16 heavy (non-hydrogen) atoms. The van der Waals surface area contributed by atoms with Crippen molar-refractivity contribution in [3.63, 3.8) is 0 Å². The molecule has 0 aromatic heterocycles. The van der Waals surface area contributed by atoms with E-state index in [1.165, 1.54) is 13.0 Å². The zero-order valence-corrected chi connectivity index (χ0v) is 9.08. The zero-order valence-electron chi connectivity index (χ0n) is 8.27. The summed E-state index contributed by atoms with van der Waals surface area (Å²) < 4.78 is 49.1. The maximum Gasteiger partial charge on any atom is 0.446 e. The normalized spacial score (nSPS) is 11.6. The lowest BCUT2D eigenvalue weighted by Gasteiger charge is -2.07. The lowest BCUT2D eigenvalue weighted by Crippen LogP contribution is -2.02. The summed E-state index contributed by atoms with van der Waals surface area (Å²) in [6.45, 7) is 1.33. The maximum atomic E-state index is 13.2. The van der Waals surface area contributed by atoms with E-state index in [1.807, 2.05) is 0 Å². The van der Waals surface area contributed by atoms with Crippen LogP contribution >= 0.6 is 11.8 Å². The molecule has 0 heterocycles. The minimum Gasteiger partial charge on any atom is -0.300 e. The molecule has 0 atom stereocenters. The van der Waals surface area contributed by atoms with Crippen LogP contribution in [0.3, 0.4) is 0 Å². The molecule has 0 saturated carbocycles. The van der Waals surface area contributed by atoms with E-state index in [0.717, 1.165) is 12.1 Å². The molecule has 0 bridgehead atoms. The average Bonchev–Trinajstić information content (AvgIpc) is 2.06. The predicted octanol–water partition coefficient (Wildman–Crippen LogP) is 3.57. The first-order chi connectivity index (χ1) is 7.28. The number of carbonyl (C=O) groups is 1. The van der Waals surface area contributed by atoms with Crippen LogP contribution in [0.5, 0.6) is 0 Å². The van der Waals surface area contributed by atoms with Crippen LogP contribution < -0.4 is 0 Å². The summed E-state index contributed by atoms with van der Waals surface area (Å²) in [7, 11) is 0. The van der Waals surface area contributed by atoms with E-state index < -0.39 is 28.0 Å². The molecule has 1 aromatic carbocycles. The number of carbonyl (C=O) groups excluding carboxylic acids is 1. The van der Waals surface area contributed by atoms with Gasteiger partial charge in [0.25, 0.3) is 0 Å². The molecule has 0 fully saturated rings. The van der Waals surface area contributed by atoms with Gasteiger partial charge in [-0.05, 0) is 36.4 Å². The predicted molar refractivity (Wildman–Crippen MR) is 52.7 cm³/mol. The van der Waals surface area contributed by atoms with Gasteiger partial charge in [-0.3, -0.25) is 4.79 Å². The van der Waals surface area contributed by atoms with Crippen LogP contribution in [0.4, 0.5) is 17.6 Å². The van der Waals surface area contributed by atoms with Gasteiger partial charge < -0.3 is 0 Å². The van der Waals surface area contributed by atoms with Crippen molar-refractivity contribution >= 4 is 17.5 Å². The highest BCUT2D eigenvalue weighted by atomic mass is 32.2. The number of thioether (sulfide) groups is 1. The quantitative estimate of drug-likeness (QED) is 0.604. The molecular formula is C10H8F4OS. The molecule has 0 saturated heterocycles. The summed E-state index contributed by atoms with van der Waals surface area (Å²) in [6.07, 6.45) is 0.0217. The van der Waals surface area contributed by atoms with Crippen LogP contribution in [0.15, 0.2) is 23.1 Å². The highest BCUT2D eigenvalue weighted by Gasteiger charge is 2.30. The summed E-state index contributed by atoms with van der Waals surface area (Å²) in [5.41, 5.74) is -4.14. The van der Waals surface area contributed by atoms with E-state index >= 15 is 0 Å². The third-order valence-electron chi connectivity index (χ3n) is 1.68. The molecule has 0 radical (unpaired) electrons. The minimum atomic E-state index is -4.51. The van der Waals surface area contributed by atoms with Crippen molar-refractivity contribution in [3.8, 4) is 0 Å². The first kappa shape index (κ1) is 13.0. The molecule has 88 valence electrons. The third kappa shape index (κ3) is 4.22. The maximum absolute atomic E-state index is 13.2. The van der Waals surface area contributed by atoms with Crippen molar-refractivity contribution in [2.45, 2.75) is 23.7 Å². The van der Waals surface area contributed by atoms with Crippen LogP contribution in [-0.2, 0) is 11.2 Å². The standard InChI is InChI=1S/C10H8F4OS/c1-6(15)4-7-2-3-9(8(11)5-7)16-10(12,13)14/h2-3,5H,4H2,1H3. The minimum absolute atomic E-state index is 0.0217. The number of hydrogen-bond acceptors (Lipinski definition) is 2. The fraction of sp³-hybridized carbons (Fsp3) is 0.300. The van der Waals surface area contributed by atoms with E-state index in [0.29, 0.717) is 5.56 Å². The van der Waals surface area contributed by atoms with E-state index in [4.69, 9.17) is 0 Å². The van der Waals surface area contributed by atoms with Crippen LogP contribution in [-0.4, -0.2) is 11.3 Å². The number of hydrogen-bond donors (Lipinski definition) is 0. The molecule has 1 rings (SSSR count). The SMILES string of the molecule is CC(=O)Cc1ccc(SC(F)(F)F)c(F)c1. The Hall–Kier alpha value is -1.04. The monoisotopic (exact) mass is 252 g/mol. The largest absolute Gasteiger partial charge is 0.446 e. The number of ketones is 1. The van der Waals surface area contributed by atoms with Gasteiger partial charge in [0.15, 0.2) is 0 Å². The Bertz CT molecular complexity index is 400. The first-order valence-corrected chi connectivity index (χ1v) is 5.13. The van der Waals surface area contributed by atoms with Crippen molar-refractivity contribution in [1.29, 1.82) is 0 Å². The molecule has 1 nitrogen and oxygen atoms in total. The summed E-state index contributed by atoms with van der Waals surface area (Å²) in [6, 6.07) is 3.31. The zero-order chi connectivity index (χ0) is 12.3. The van der Waals surface area contributed by atoms with E-state index in [1.54, 1.807) is 0 Å². The van der Waals surface area contributed by atoms with Crippen molar-refractivity contribution < 1.29 is 22.4 Å². The van der Waals surface area contributed by atoms with Gasteiger partial charge >= 0.3 is 5.51 Å². The molecule has 0 N–H and O–H groups in total. The summed E-state index contributed by atoms with van der Waals surface area (Å²) in [5.74, 6) is -1.13. The van der Waals surface area contributed by atoms with Gasteiger partial charge in [-0.1, -0.05) is 6.07 Å². The number of Topliss-reactive ketones (excluding diaryl/α,β-unsaturated/α-hetero) is 1. The molecule has 0 aliphatic rings. The molecular weight excluding hydrogens is 244 g/mol.